The van der Waals surface area contributed by atoms with E-state index in [4.69, 9.17) is 12.2 Å². The van der Waals surface area contributed by atoms with Gasteiger partial charge in [-0.05, 0) is 24.6 Å². The van der Waals surface area contributed by atoms with Crippen molar-refractivity contribution in [2.24, 2.45) is 0 Å². The molecule has 0 atom stereocenters. The Morgan fingerprint density at radius 2 is 2.33 bits per heavy atom. The van der Waals surface area contributed by atoms with E-state index in [1.165, 1.54) is 23.8 Å². The maximum atomic E-state index is 12.3. The summed E-state index contributed by atoms with van der Waals surface area (Å²) in [7, 11) is 1.34. The molecule has 5 nitrogen and oxygen atoms in total. The smallest absolute Gasteiger partial charge is 0.305 e. The van der Waals surface area contributed by atoms with Crippen molar-refractivity contribution in [1.82, 2.24) is 9.88 Å². The monoisotopic (exact) mass is 322 g/mol. The highest BCUT2D eigenvalue weighted by atomic mass is 32.2. The quantitative estimate of drug-likeness (QED) is 0.471. The van der Waals surface area contributed by atoms with Crippen LogP contribution in [-0.2, 0) is 14.3 Å². The Morgan fingerprint density at radius 1 is 1.52 bits per heavy atom. The summed E-state index contributed by atoms with van der Waals surface area (Å²) in [5, 5.41) is 0. The van der Waals surface area contributed by atoms with Gasteiger partial charge in [0.05, 0.1) is 17.7 Å². The molecule has 2 rings (SSSR count). The summed E-state index contributed by atoms with van der Waals surface area (Å²) in [5.41, 5.74) is 0.715. The molecule has 0 saturated carbocycles. The van der Waals surface area contributed by atoms with Crippen molar-refractivity contribution in [2.45, 2.75) is 12.8 Å². The third-order valence-corrected chi connectivity index (χ3v) is 4.21. The Bertz CT molecular complexity index is 587. The fraction of sp³-hybridized carbons (Fsp3) is 0.286. The lowest BCUT2D eigenvalue weighted by Crippen LogP contribution is -2.29. The minimum atomic E-state index is -0.288. The molecule has 1 aromatic rings. The van der Waals surface area contributed by atoms with Crippen LogP contribution < -0.4 is 0 Å². The van der Waals surface area contributed by atoms with Crippen molar-refractivity contribution < 1.29 is 14.3 Å². The Morgan fingerprint density at radius 3 is 3.00 bits per heavy atom. The lowest BCUT2D eigenvalue weighted by atomic mass is 10.3. The predicted octanol–water partition coefficient (Wildman–Crippen LogP) is 2.24. The molecule has 1 fully saturated rings. The van der Waals surface area contributed by atoms with Gasteiger partial charge in [-0.15, -0.1) is 0 Å². The molecular weight excluding hydrogens is 308 g/mol. The van der Waals surface area contributed by atoms with Gasteiger partial charge in [-0.2, -0.15) is 0 Å². The van der Waals surface area contributed by atoms with Gasteiger partial charge >= 0.3 is 5.97 Å². The normalized spacial score (nSPS) is 16.6. The number of carbonyl (C=O) groups is 2. The van der Waals surface area contributed by atoms with Crippen LogP contribution in [0.15, 0.2) is 29.3 Å². The number of esters is 1. The molecule has 1 aliphatic heterocycles. The zero-order valence-electron chi connectivity index (χ0n) is 11.4. The van der Waals surface area contributed by atoms with Gasteiger partial charge < -0.3 is 4.74 Å². The highest BCUT2D eigenvalue weighted by molar-refractivity contribution is 8.26. The molecule has 0 radical (unpaired) electrons. The first-order valence-corrected chi connectivity index (χ1v) is 7.57. The second kappa shape index (κ2) is 7.33. The first kappa shape index (κ1) is 15.7. The third-order valence-electron chi connectivity index (χ3n) is 2.83. The molecule has 0 N–H and O–H groups in total. The number of hydrogen-bond acceptors (Lipinski definition) is 6. The molecule has 1 aromatic heterocycles. The molecule has 0 aromatic carbocycles. The van der Waals surface area contributed by atoms with E-state index in [1.54, 1.807) is 12.3 Å². The van der Waals surface area contributed by atoms with Crippen LogP contribution in [0, 0.1) is 0 Å². The summed E-state index contributed by atoms with van der Waals surface area (Å²) in [6, 6.07) is 5.50. The van der Waals surface area contributed by atoms with Crippen molar-refractivity contribution in [3.05, 3.63) is 35.0 Å². The molecular formula is C14H14N2O3S2. The van der Waals surface area contributed by atoms with E-state index in [0.717, 1.165) is 0 Å². The van der Waals surface area contributed by atoms with Gasteiger partial charge in [-0.25, -0.2) is 0 Å². The van der Waals surface area contributed by atoms with Crippen LogP contribution in [0.5, 0.6) is 0 Å². The van der Waals surface area contributed by atoms with E-state index in [9.17, 15) is 9.59 Å². The van der Waals surface area contributed by atoms with E-state index < -0.39 is 0 Å². The number of thioether (sulfide) groups is 1. The summed E-state index contributed by atoms with van der Waals surface area (Å²) < 4.78 is 5.08. The lowest BCUT2D eigenvalue weighted by molar-refractivity contribution is -0.141. The molecule has 0 bridgehead atoms. The van der Waals surface area contributed by atoms with Crippen molar-refractivity contribution >= 4 is 46.3 Å². The molecule has 7 heteroatoms. The van der Waals surface area contributed by atoms with Crippen LogP contribution >= 0.6 is 24.0 Å². The number of amides is 1. The predicted molar refractivity (Wildman–Crippen MR) is 85.4 cm³/mol. The Hall–Kier alpha value is -1.73. The largest absolute Gasteiger partial charge is 0.469 e. The van der Waals surface area contributed by atoms with Crippen LogP contribution in [0.2, 0.25) is 0 Å². The van der Waals surface area contributed by atoms with Gasteiger partial charge in [-0.3, -0.25) is 19.5 Å². The number of ether oxygens (including phenoxy) is 1. The minimum absolute atomic E-state index is 0.138. The number of rotatable bonds is 5. The van der Waals surface area contributed by atoms with E-state index in [1.807, 2.05) is 18.2 Å². The van der Waals surface area contributed by atoms with Crippen molar-refractivity contribution in [3.8, 4) is 0 Å². The number of pyridine rings is 1. The van der Waals surface area contributed by atoms with Gasteiger partial charge in [0.15, 0.2) is 0 Å². The first-order valence-electron chi connectivity index (χ1n) is 6.35. The van der Waals surface area contributed by atoms with Crippen LogP contribution in [-0.4, -0.2) is 39.7 Å². The molecule has 1 amide bonds. The fourth-order valence-corrected chi connectivity index (χ4v) is 3.07. The minimum Gasteiger partial charge on any atom is -0.469 e. The zero-order valence-corrected chi connectivity index (χ0v) is 13.1. The third kappa shape index (κ3) is 4.12. The van der Waals surface area contributed by atoms with Gasteiger partial charge in [0.25, 0.3) is 5.91 Å². The number of nitrogens with zero attached hydrogens (tertiary/aromatic N) is 2. The van der Waals surface area contributed by atoms with E-state index in [2.05, 4.69) is 9.72 Å². The topological polar surface area (TPSA) is 59.5 Å². The average molecular weight is 322 g/mol. The maximum absolute atomic E-state index is 12.3. The Labute approximate surface area is 132 Å². The van der Waals surface area contributed by atoms with Gasteiger partial charge in [0, 0.05) is 19.2 Å². The number of carbonyl (C=O) groups excluding carboxylic acids is 2. The summed E-state index contributed by atoms with van der Waals surface area (Å²) in [6.07, 6.45) is 4.19. The molecule has 0 spiro atoms. The summed E-state index contributed by atoms with van der Waals surface area (Å²) >= 11 is 6.46. The van der Waals surface area contributed by atoms with E-state index >= 15 is 0 Å². The van der Waals surface area contributed by atoms with Crippen LogP contribution in [0.4, 0.5) is 0 Å². The maximum Gasteiger partial charge on any atom is 0.305 e. The number of thiocarbonyl (C=S) groups is 1. The van der Waals surface area contributed by atoms with Crippen molar-refractivity contribution in [1.29, 1.82) is 0 Å². The second-order valence-electron chi connectivity index (χ2n) is 4.27. The van der Waals surface area contributed by atoms with Crippen molar-refractivity contribution in [3.63, 3.8) is 0 Å². The zero-order chi connectivity index (χ0) is 15.2. The summed E-state index contributed by atoms with van der Waals surface area (Å²) in [5.74, 6) is -0.426. The van der Waals surface area contributed by atoms with Gasteiger partial charge in [0.2, 0.25) is 0 Å². The lowest BCUT2D eigenvalue weighted by Gasteiger charge is -2.13. The highest BCUT2D eigenvalue weighted by Gasteiger charge is 2.31. The Kier molecular flexibility index (Phi) is 5.46. The molecule has 2 heterocycles. The molecule has 1 aliphatic rings. The molecule has 0 aliphatic carbocycles. The van der Waals surface area contributed by atoms with Crippen molar-refractivity contribution in [2.75, 3.05) is 13.7 Å². The van der Waals surface area contributed by atoms with E-state index in [0.29, 0.717) is 27.9 Å². The number of hydrogen-bond donors (Lipinski definition) is 0. The Balaban J connectivity index is 2.00. The SMILES string of the molecule is COC(=O)CCCN1C(=O)/C(=C/c2ccccn2)SC1=S. The van der Waals surface area contributed by atoms with Crippen LogP contribution in [0.25, 0.3) is 6.08 Å². The standard InChI is InChI=1S/C14H14N2O3S2/c1-19-12(17)6-4-8-16-13(18)11(21-14(16)20)9-10-5-2-3-7-15-10/h2-3,5,7,9H,4,6,8H2,1H3/b11-9-. The summed E-state index contributed by atoms with van der Waals surface area (Å²) in [6.45, 7) is 0.416. The van der Waals surface area contributed by atoms with E-state index in [-0.39, 0.29) is 18.3 Å². The van der Waals surface area contributed by atoms with Gasteiger partial charge in [0.1, 0.15) is 4.32 Å². The highest BCUT2D eigenvalue weighted by Crippen LogP contribution is 2.32. The first-order chi connectivity index (χ1) is 10.1. The fourth-order valence-electron chi connectivity index (χ4n) is 1.77. The number of aromatic nitrogens is 1. The number of methoxy groups -OCH3 is 1. The van der Waals surface area contributed by atoms with Crippen LogP contribution in [0.3, 0.4) is 0 Å². The van der Waals surface area contributed by atoms with Gasteiger partial charge in [-0.1, -0.05) is 30.0 Å². The second-order valence-corrected chi connectivity index (χ2v) is 5.94. The molecule has 1 saturated heterocycles. The molecule has 0 unspecified atom stereocenters. The molecule has 21 heavy (non-hydrogen) atoms. The van der Waals surface area contributed by atoms with Crippen LogP contribution in [0.1, 0.15) is 18.5 Å². The average Bonchev–Trinajstić information content (AvgIpc) is 2.75. The molecule has 110 valence electrons. The summed E-state index contributed by atoms with van der Waals surface area (Å²) in [4.78, 5) is 29.6.